The maximum atomic E-state index is 11.0. The van der Waals surface area contributed by atoms with Crippen molar-refractivity contribution in [1.82, 2.24) is 15.3 Å². The zero-order chi connectivity index (χ0) is 9.97. The molecule has 0 amide bonds. The van der Waals surface area contributed by atoms with Crippen LogP contribution in [0.2, 0.25) is 0 Å². The number of aryl methyl sites for hydroxylation is 1. The fourth-order valence-corrected chi connectivity index (χ4v) is 2.14. The Bertz CT molecular complexity index is 372. The fourth-order valence-electron chi connectivity index (χ4n) is 2.14. The first-order valence-electron chi connectivity index (χ1n) is 5.04. The smallest absolute Gasteiger partial charge is 0.319 e. The second kappa shape index (κ2) is 3.92. The van der Waals surface area contributed by atoms with E-state index in [1.54, 1.807) is 6.20 Å². The van der Waals surface area contributed by atoms with Crippen molar-refractivity contribution in [2.45, 2.75) is 25.2 Å². The van der Waals surface area contributed by atoms with Crippen LogP contribution < -0.4 is 11.0 Å². The lowest BCUT2D eigenvalue weighted by Gasteiger charge is -2.23. The molecule has 14 heavy (non-hydrogen) atoms. The summed E-state index contributed by atoms with van der Waals surface area (Å²) in [6, 6.07) is 0. The molecule has 1 aromatic heterocycles. The molecular weight excluding hydrogens is 178 g/mol. The van der Waals surface area contributed by atoms with Gasteiger partial charge in [0.25, 0.3) is 0 Å². The van der Waals surface area contributed by atoms with Gasteiger partial charge in [0.15, 0.2) is 0 Å². The lowest BCUT2D eigenvalue weighted by molar-refractivity contribution is 0.517. The quantitative estimate of drug-likeness (QED) is 0.715. The summed E-state index contributed by atoms with van der Waals surface area (Å²) in [6.45, 7) is 0.959. The van der Waals surface area contributed by atoms with Crippen LogP contribution in [-0.4, -0.2) is 23.6 Å². The lowest BCUT2D eigenvalue weighted by atomic mass is 9.86. The molecule has 1 atom stereocenters. The molecule has 1 heterocycles. The molecule has 0 bridgehead atoms. The molecule has 0 saturated carbocycles. The molecule has 4 heteroatoms. The summed E-state index contributed by atoms with van der Waals surface area (Å²) in [5.74, 6) is 0.507. The van der Waals surface area contributed by atoms with Gasteiger partial charge in [0, 0.05) is 18.4 Å². The van der Waals surface area contributed by atoms with Crippen LogP contribution in [0.15, 0.2) is 11.0 Å². The number of aromatic amines is 1. The maximum Gasteiger partial charge on any atom is 0.345 e. The van der Waals surface area contributed by atoms with Gasteiger partial charge in [0.05, 0.1) is 0 Å². The molecule has 76 valence electrons. The molecule has 0 saturated heterocycles. The van der Waals surface area contributed by atoms with E-state index in [2.05, 4.69) is 15.3 Å². The predicted molar refractivity (Wildman–Crippen MR) is 54.5 cm³/mol. The van der Waals surface area contributed by atoms with E-state index in [0.717, 1.165) is 25.1 Å². The van der Waals surface area contributed by atoms with Gasteiger partial charge in [0.1, 0.15) is 0 Å². The van der Waals surface area contributed by atoms with Crippen LogP contribution in [0.3, 0.4) is 0 Å². The van der Waals surface area contributed by atoms with Gasteiger partial charge >= 0.3 is 5.69 Å². The summed E-state index contributed by atoms with van der Waals surface area (Å²) < 4.78 is 0. The SMILES string of the molecule is CNCC1CCCc2[nH]c(=O)ncc21. The van der Waals surface area contributed by atoms with Crippen molar-refractivity contribution in [3.63, 3.8) is 0 Å². The molecule has 1 aromatic rings. The topological polar surface area (TPSA) is 57.8 Å². The Hall–Kier alpha value is -1.16. The van der Waals surface area contributed by atoms with Crippen molar-refractivity contribution in [3.8, 4) is 0 Å². The van der Waals surface area contributed by atoms with Crippen molar-refractivity contribution in [2.24, 2.45) is 0 Å². The molecule has 2 N–H and O–H groups in total. The molecule has 0 spiro atoms. The first-order valence-corrected chi connectivity index (χ1v) is 5.04. The molecule has 0 aliphatic heterocycles. The molecular formula is C10H15N3O. The van der Waals surface area contributed by atoms with E-state index in [-0.39, 0.29) is 5.69 Å². The van der Waals surface area contributed by atoms with Crippen LogP contribution >= 0.6 is 0 Å². The summed E-state index contributed by atoms with van der Waals surface area (Å²) in [5.41, 5.74) is 2.07. The second-order valence-electron chi connectivity index (χ2n) is 3.77. The Morgan fingerprint density at radius 1 is 1.71 bits per heavy atom. The minimum Gasteiger partial charge on any atom is -0.319 e. The van der Waals surface area contributed by atoms with Crippen LogP contribution in [0.1, 0.15) is 30.0 Å². The molecule has 0 radical (unpaired) electrons. The standard InChI is InChI=1S/C10H15N3O/c1-11-5-7-3-2-4-9-8(7)6-12-10(14)13-9/h6-7,11H,2-5H2,1H3,(H,12,13,14). The van der Waals surface area contributed by atoms with Gasteiger partial charge in [0.2, 0.25) is 0 Å². The molecule has 1 aliphatic carbocycles. The minimum atomic E-state index is -0.228. The van der Waals surface area contributed by atoms with E-state index in [9.17, 15) is 4.79 Å². The number of aromatic nitrogens is 2. The van der Waals surface area contributed by atoms with Gasteiger partial charge < -0.3 is 10.3 Å². The summed E-state index contributed by atoms with van der Waals surface area (Å²) in [5, 5.41) is 3.17. The number of H-pyrrole nitrogens is 1. The van der Waals surface area contributed by atoms with Crippen LogP contribution in [0.4, 0.5) is 0 Å². The molecule has 1 aliphatic rings. The van der Waals surface area contributed by atoms with Gasteiger partial charge in [-0.3, -0.25) is 0 Å². The zero-order valence-corrected chi connectivity index (χ0v) is 8.34. The average molecular weight is 193 g/mol. The summed E-state index contributed by atoms with van der Waals surface area (Å²) in [7, 11) is 1.95. The minimum absolute atomic E-state index is 0.228. The molecule has 2 rings (SSSR count). The highest BCUT2D eigenvalue weighted by Crippen LogP contribution is 2.28. The molecule has 0 aromatic carbocycles. The Morgan fingerprint density at radius 3 is 3.36 bits per heavy atom. The van der Waals surface area contributed by atoms with E-state index in [4.69, 9.17) is 0 Å². The van der Waals surface area contributed by atoms with E-state index >= 15 is 0 Å². The van der Waals surface area contributed by atoms with E-state index in [1.165, 1.54) is 12.0 Å². The summed E-state index contributed by atoms with van der Waals surface area (Å²) >= 11 is 0. The largest absolute Gasteiger partial charge is 0.345 e. The third kappa shape index (κ3) is 1.70. The van der Waals surface area contributed by atoms with Crippen LogP contribution in [0, 0.1) is 0 Å². The van der Waals surface area contributed by atoms with Crippen LogP contribution in [0.5, 0.6) is 0 Å². The monoisotopic (exact) mass is 193 g/mol. The Morgan fingerprint density at radius 2 is 2.57 bits per heavy atom. The van der Waals surface area contributed by atoms with E-state index in [0.29, 0.717) is 5.92 Å². The number of hydrogen-bond donors (Lipinski definition) is 2. The van der Waals surface area contributed by atoms with Gasteiger partial charge in [-0.1, -0.05) is 0 Å². The van der Waals surface area contributed by atoms with Gasteiger partial charge in [-0.2, -0.15) is 0 Å². The number of fused-ring (bicyclic) bond motifs is 1. The zero-order valence-electron chi connectivity index (χ0n) is 8.34. The Labute approximate surface area is 82.8 Å². The van der Waals surface area contributed by atoms with Crippen molar-refractivity contribution in [2.75, 3.05) is 13.6 Å². The van der Waals surface area contributed by atoms with Crippen molar-refractivity contribution in [3.05, 3.63) is 27.9 Å². The third-order valence-electron chi connectivity index (χ3n) is 2.80. The van der Waals surface area contributed by atoms with Crippen LogP contribution in [-0.2, 0) is 6.42 Å². The average Bonchev–Trinajstić information content (AvgIpc) is 2.18. The maximum absolute atomic E-state index is 11.0. The van der Waals surface area contributed by atoms with Crippen molar-refractivity contribution < 1.29 is 0 Å². The molecule has 4 nitrogen and oxygen atoms in total. The highest BCUT2D eigenvalue weighted by Gasteiger charge is 2.20. The normalized spacial score (nSPS) is 20.5. The van der Waals surface area contributed by atoms with Crippen molar-refractivity contribution in [1.29, 1.82) is 0 Å². The predicted octanol–water partition coefficient (Wildman–Crippen LogP) is 0.409. The first-order chi connectivity index (χ1) is 6.81. The van der Waals surface area contributed by atoms with Gasteiger partial charge in [-0.15, -0.1) is 0 Å². The number of nitrogens with one attached hydrogen (secondary N) is 2. The van der Waals surface area contributed by atoms with E-state index < -0.39 is 0 Å². The number of nitrogens with zero attached hydrogens (tertiary/aromatic N) is 1. The van der Waals surface area contributed by atoms with Crippen LogP contribution in [0.25, 0.3) is 0 Å². The third-order valence-corrected chi connectivity index (χ3v) is 2.80. The summed E-state index contributed by atoms with van der Waals surface area (Å²) in [6.07, 6.45) is 5.05. The lowest BCUT2D eigenvalue weighted by Crippen LogP contribution is -2.25. The second-order valence-corrected chi connectivity index (χ2v) is 3.77. The number of likely N-dealkylation sites (N-methyl/N-ethyl adjacent to an activating group) is 1. The number of hydrogen-bond acceptors (Lipinski definition) is 3. The summed E-state index contributed by atoms with van der Waals surface area (Å²) in [4.78, 5) is 17.6. The van der Waals surface area contributed by atoms with Gasteiger partial charge in [-0.05, 0) is 37.8 Å². The molecule has 1 unspecified atom stereocenters. The Balaban J connectivity index is 2.34. The van der Waals surface area contributed by atoms with Gasteiger partial charge in [-0.25, -0.2) is 9.78 Å². The fraction of sp³-hybridized carbons (Fsp3) is 0.600. The highest BCUT2D eigenvalue weighted by atomic mass is 16.1. The molecule has 0 fully saturated rings. The highest BCUT2D eigenvalue weighted by molar-refractivity contribution is 5.24. The van der Waals surface area contributed by atoms with Crippen molar-refractivity contribution >= 4 is 0 Å². The Kier molecular flexibility index (Phi) is 2.63. The van der Waals surface area contributed by atoms with E-state index in [1.807, 2.05) is 7.05 Å². The first kappa shape index (κ1) is 9.40. The number of rotatable bonds is 2.